The molecule has 98 valence electrons. The summed E-state index contributed by atoms with van der Waals surface area (Å²) in [5, 5.41) is 3.59. The van der Waals surface area contributed by atoms with Gasteiger partial charge in [-0.05, 0) is 39.7 Å². The summed E-state index contributed by atoms with van der Waals surface area (Å²) in [5.74, 6) is 1.94. The molecule has 0 aliphatic rings. The third-order valence-corrected chi connectivity index (χ3v) is 3.20. The van der Waals surface area contributed by atoms with Crippen molar-refractivity contribution in [3.8, 4) is 0 Å². The molecule has 3 heteroatoms. The van der Waals surface area contributed by atoms with E-state index >= 15 is 0 Å². The van der Waals surface area contributed by atoms with Crippen molar-refractivity contribution in [1.82, 2.24) is 14.9 Å². The molecule has 0 aromatic carbocycles. The first kappa shape index (κ1) is 14.2. The molecule has 0 bridgehead atoms. The molecule has 1 aromatic rings. The number of nitrogens with one attached hydrogen (secondary N) is 1. The fourth-order valence-electron chi connectivity index (χ4n) is 1.87. The van der Waals surface area contributed by atoms with Gasteiger partial charge in [-0.2, -0.15) is 0 Å². The molecule has 0 saturated heterocycles. The molecular formula is C14H27N3. The first-order valence-corrected chi connectivity index (χ1v) is 6.63. The Balaban J connectivity index is 2.35. The lowest BCUT2D eigenvalue weighted by atomic mass is 9.98. The Morgan fingerprint density at radius 1 is 1.41 bits per heavy atom. The van der Waals surface area contributed by atoms with Gasteiger partial charge in [-0.3, -0.25) is 0 Å². The standard InChI is InChI=1S/C14H27N3/c1-6-12(11-16-14(2,3)4)7-8-13-15-9-10-17(13)5/h9-10,12,16H,6-8,11H2,1-5H3. The molecule has 0 aliphatic heterocycles. The van der Waals surface area contributed by atoms with Gasteiger partial charge >= 0.3 is 0 Å². The van der Waals surface area contributed by atoms with E-state index in [2.05, 4.69) is 49.6 Å². The summed E-state index contributed by atoms with van der Waals surface area (Å²) in [6, 6.07) is 0. The van der Waals surface area contributed by atoms with E-state index < -0.39 is 0 Å². The van der Waals surface area contributed by atoms with Crippen molar-refractivity contribution in [2.75, 3.05) is 6.54 Å². The van der Waals surface area contributed by atoms with Crippen LogP contribution < -0.4 is 5.32 Å². The highest BCUT2D eigenvalue weighted by Gasteiger charge is 2.13. The van der Waals surface area contributed by atoms with Crippen LogP contribution in [0, 0.1) is 5.92 Å². The predicted octanol–water partition coefficient (Wildman–Crippen LogP) is 2.77. The molecule has 0 radical (unpaired) electrons. The van der Waals surface area contributed by atoms with Gasteiger partial charge in [0.25, 0.3) is 0 Å². The van der Waals surface area contributed by atoms with E-state index in [0.29, 0.717) is 0 Å². The van der Waals surface area contributed by atoms with Gasteiger partial charge in [-0.1, -0.05) is 13.3 Å². The Labute approximate surface area is 106 Å². The number of nitrogens with zero attached hydrogens (tertiary/aromatic N) is 2. The van der Waals surface area contributed by atoms with Crippen LogP contribution >= 0.6 is 0 Å². The van der Waals surface area contributed by atoms with Gasteiger partial charge in [0, 0.05) is 31.4 Å². The van der Waals surface area contributed by atoms with Crippen molar-refractivity contribution in [3.05, 3.63) is 18.2 Å². The zero-order valence-electron chi connectivity index (χ0n) is 12.0. The van der Waals surface area contributed by atoms with E-state index in [0.717, 1.165) is 18.9 Å². The first-order valence-electron chi connectivity index (χ1n) is 6.63. The minimum absolute atomic E-state index is 0.219. The molecule has 0 amide bonds. The summed E-state index contributed by atoms with van der Waals surface area (Å²) in [4.78, 5) is 4.37. The van der Waals surface area contributed by atoms with Crippen LogP contribution in [0.4, 0.5) is 0 Å². The molecule has 17 heavy (non-hydrogen) atoms. The van der Waals surface area contributed by atoms with Gasteiger partial charge in [0.2, 0.25) is 0 Å². The van der Waals surface area contributed by atoms with Crippen LogP contribution in [0.25, 0.3) is 0 Å². The topological polar surface area (TPSA) is 29.9 Å². The van der Waals surface area contributed by atoms with E-state index in [1.165, 1.54) is 18.7 Å². The third-order valence-electron chi connectivity index (χ3n) is 3.20. The van der Waals surface area contributed by atoms with E-state index in [-0.39, 0.29) is 5.54 Å². The second-order valence-corrected chi connectivity index (χ2v) is 5.90. The van der Waals surface area contributed by atoms with Crippen LogP contribution in [-0.4, -0.2) is 21.6 Å². The summed E-state index contributed by atoms with van der Waals surface area (Å²) in [7, 11) is 2.07. The SMILES string of the molecule is CCC(CCc1nccn1C)CNC(C)(C)C. The van der Waals surface area contributed by atoms with Crippen molar-refractivity contribution in [1.29, 1.82) is 0 Å². The Hall–Kier alpha value is -0.830. The van der Waals surface area contributed by atoms with E-state index in [9.17, 15) is 0 Å². The van der Waals surface area contributed by atoms with Crippen LogP contribution in [0.2, 0.25) is 0 Å². The molecule has 0 fully saturated rings. The monoisotopic (exact) mass is 237 g/mol. The van der Waals surface area contributed by atoms with E-state index in [4.69, 9.17) is 0 Å². The van der Waals surface area contributed by atoms with Crippen LogP contribution in [0.5, 0.6) is 0 Å². The number of aromatic nitrogens is 2. The molecule has 1 aromatic heterocycles. The summed E-state index contributed by atoms with van der Waals surface area (Å²) >= 11 is 0. The van der Waals surface area contributed by atoms with Crippen molar-refractivity contribution in [2.45, 2.75) is 52.5 Å². The highest BCUT2D eigenvalue weighted by Crippen LogP contribution is 2.12. The van der Waals surface area contributed by atoms with Crippen LogP contribution in [0.15, 0.2) is 12.4 Å². The molecule has 1 rings (SSSR count). The normalized spacial score (nSPS) is 13.9. The second kappa shape index (κ2) is 6.20. The lowest BCUT2D eigenvalue weighted by Gasteiger charge is -2.24. The van der Waals surface area contributed by atoms with Gasteiger partial charge in [0.05, 0.1) is 0 Å². The zero-order valence-corrected chi connectivity index (χ0v) is 12.0. The largest absolute Gasteiger partial charge is 0.338 e. The summed E-state index contributed by atoms with van der Waals surface area (Å²) in [6.07, 6.45) is 7.42. The van der Waals surface area contributed by atoms with Gasteiger partial charge < -0.3 is 9.88 Å². The third kappa shape index (κ3) is 5.35. The van der Waals surface area contributed by atoms with Crippen molar-refractivity contribution in [3.63, 3.8) is 0 Å². The van der Waals surface area contributed by atoms with E-state index in [1.807, 2.05) is 12.4 Å². The summed E-state index contributed by atoms with van der Waals surface area (Å²) in [6.45, 7) is 10.0. The van der Waals surface area contributed by atoms with Crippen LogP contribution in [0.1, 0.15) is 46.4 Å². The fourth-order valence-corrected chi connectivity index (χ4v) is 1.87. The van der Waals surface area contributed by atoms with Crippen LogP contribution in [0.3, 0.4) is 0 Å². The van der Waals surface area contributed by atoms with Gasteiger partial charge in [-0.15, -0.1) is 0 Å². The lowest BCUT2D eigenvalue weighted by molar-refractivity contribution is 0.350. The molecule has 1 unspecified atom stereocenters. The minimum atomic E-state index is 0.219. The molecular weight excluding hydrogens is 210 g/mol. The smallest absolute Gasteiger partial charge is 0.108 e. The van der Waals surface area contributed by atoms with Crippen molar-refractivity contribution >= 4 is 0 Å². The number of aryl methyl sites for hydroxylation is 2. The molecule has 1 heterocycles. The highest BCUT2D eigenvalue weighted by molar-refractivity contribution is 4.91. The highest BCUT2D eigenvalue weighted by atomic mass is 15.0. The summed E-state index contributed by atoms with van der Waals surface area (Å²) in [5.41, 5.74) is 0.219. The second-order valence-electron chi connectivity index (χ2n) is 5.90. The Kier molecular flexibility index (Phi) is 5.19. The fraction of sp³-hybridized carbons (Fsp3) is 0.786. The maximum absolute atomic E-state index is 4.37. The first-order chi connectivity index (χ1) is 7.92. The Bertz CT molecular complexity index is 322. The minimum Gasteiger partial charge on any atom is -0.338 e. The number of hydrogen-bond donors (Lipinski definition) is 1. The zero-order chi connectivity index (χ0) is 12.9. The number of imidazole rings is 1. The molecule has 3 nitrogen and oxygen atoms in total. The van der Waals surface area contributed by atoms with Crippen LogP contribution in [-0.2, 0) is 13.5 Å². The molecule has 1 N–H and O–H groups in total. The predicted molar refractivity (Wildman–Crippen MR) is 73.1 cm³/mol. The van der Waals surface area contributed by atoms with Gasteiger partial charge in [-0.25, -0.2) is 4.98 Å². The molecule has 1 atom stereocenters. The van der Waals surface area contributed by atoms with Crippen molar-refractivity contribution < 1.29 is 0 Å². The van der Waals surface area contributed by atoms with Gasteiger partial charge in [0.15, 0.2) is 0 Å². The number of rotatable bonds is 6. The molecule has 0 aliphatic carbocycles. The maximum Gasteiger partial charge on any atom is 0.108 e. The Morgan fingerprint density at radius 2 is 2.12 bits per heavy atom. The molecule has 0 spiro atoms. The van der Waals surface area contributed by atoms with Gasteiger partial charge in [0.1, 0.15) is 5.82 Å². The average molecular weight is 237 g/mol. The lowest BCUT2D eigenvalue weighted by Crippen LogP contribution is -2.39. The summed E-state index contributed by atoms with van der Waals surface area (Å²) < 4.78 is 2.11. The number of hydrogen-bond acceptors (Lipinski definition) is 2. The average Bonchev–Trinajstić information content (AvgIpc) is 2.63. The van der Waals surface area contributed by atoms with Crippen molar-refractivity contribution in [2.24, 2.45) is 13.0 Å². The quantitative estimate of drug-likeness (QED) is 0.824. The molecule has 0 saturated carbocycles. The Morgan fingerprint density at radius 3 is 2.59 bits per heavy atom. The maximum atomic E-state index is 4.37. The van der Waals surface area contributed by atoms with E-state index in [1.54, 1.807) is 0 Å².